The van der Waals surface area contributed by atoms with Gasteiger partial charge in [-0.1, -0.05) is 6.58 Å². The highest BCUT2D eigenvalue weighted by atomic mass is 35.5. The van der Waals surface area contributed by atoms with Gasteiger partial charge >= 0.3 is 0 Å². The molecule has 1 atom stereocenters. The van der Waals surface area contributed by atoms with E-state index in [1.54, 1.807) is 44.2 Å². The van der Waals surface area contributed by atoms with E-state index in [1.165, 1.54) is 11.3 Å². The lowest BCUT2D eigenvalue weighted by atomic mass is 10.2. The summed E-state index contributed by atoms with van der Waals surface area (Å²) >= 11 is 7.27. The minimum atomic E-state index is -0.962. The number of fused-ring (bicyclic) bond motifs is 1. The second kappa shape index (κ2) is 8.79. The van der Waals surface area contributed by atoms with Crippen LogP contribution in [0.2, 0.25) is 0 Å². The number of hydrogen-bond acceptors (Lipinski definition) is 6. The number of anilines is 1. The number of aliphatic imine (C=N–C) groups is 1. The first-order chi connectivity index (χ1) is 14.1. The van der Waals surface area contributed by atoms with Crippen LogP contribution in [0.4, 0.5) is 5.69 Å². The van der Waals surface area contributed by atoms with Crippen molar-refractivity contribution in [1.29, 1.82) is 0 Å². The van der Waals surface area contributed by atoms with Gasteiger partial charge in [0.2, 0.25) is 0 Å². The highest BCUT2D eigenvalue weighted by molar-refractivity contribution is 7.15. The molecule has 160 valence electrons. The zero-order valence-electron chi connectivity index (χ0n) is 17.4. The first kappa shape index (κ1) is 22.3. The van der Waals surface area contributed by atoms with Crippen molar-refractivity contribution >= 4 is 46.4 Å². The largest absolute Gasteiger partial charge is 0.493 e. The fourth-order valence-electron chi connectivity index (χ4n) is 2.90. The first-order valence-corrected chi connectivity index (χ1v) is 10.7. The fourth-order valence-corrected chi connectivity index (χ4v) is 4.00. The molecule has 30 heavy (non-hydrogen) atoms. The molecule has 1 aliphatic heterocycles. The average molecular weight is 449 g/mol. The molecule has 0 saturated carbocycles. The first-order valence-electron chi connectivity index (χ1n) is 9.44. The van der Waals surface area contributed by atoms with Crippen molar-refractivity contribution in [2.75, 3.05) is 18.6 Å². The van der Waals surface area contributed by atoms with Crippen LogP contribution in [0, 0.1) is 0 Å². The summed E-state index contributed by atoms with van der Waals surface area (Å²) in [7, 11) is 1.54. The van der Waals surface area contributed by atoms with Gasteiger partial charge in [0.05, 0.1) is 40.1 Å². The molecule has 0 spiro atoms. The summed E-state index contributed by atoms with van der Waals surface area (Å²) < 4.78 is 11.1. The highest BCUT2D eigenvalue weighted by Gasteiger charge is 2.32. The number of hydrogen-bond donors (Lipinski definition) is 1. The van der Waals surface area contributed by atoms with Crippen LogP contribution < -0.4 is 14.4 Å². The molecule has 1 aromatic carbocycles. The van der Waals surface area contributed by atoms with Crippen LogP contribution in [-0.2, 0) is 6.54 Å². The van der Waals surface area contributed by atoms with Crippen LogP contribution in [0.15, 0.2) is 35.8 Å². The van der Waals surface area contributed by atoms with E-state index in [0.29, 0.717) is 34.3 Å². The normalized spacial score (nSPS) is 14.9. The summed E-state index contributed by atoms with van der Waals surface area (Å²) in [6.45, 7) is 9.70. The molecule has 3 rings (SSSR count). The SMILES string of the molecule is C=C(N=CC(C)Cl)c1cc2c(s1)C(=O)N(c1ccc(OCC(C)(C)O)c(OC)c1)C2. The number of alkyl halides is 1. The lowest BCUT2D eigenvalue weighted by molar-refractivity contribution is 0.0276. The molecule has 2 heterocycles. The van der Waals surface area contributed by atoms with Crippen LogP contribution in [0.5, 0.6) is 11.5 Å². The smallest absolute Gasteiger partial charge is 0.269 e. The van der Waals surface area contributed by atoms with Crippen molar-refractivity contribution < 1.29 is 19.4 Å². The Morgan fingerprint density at radius 2 is 2.17 bits per heavy atom. The number of amides is 1. The summed E-state index contributed by atoms with van der Waals surface area (Å²) in [6, 6.07) is 7.27. The Morgan fingerprint density at radius 3 is 2.77 bits per heavy atom. The lowest BCUT2D eigenvalue weighted by Crippen LogP contribution is -2.28. The molecule has 1 N–H and O–H groups in total. The maximum atomic E-state index is 13.0. The Kier molecular flexibility index (Phi) is 6.55. The molecule has 0 saturated heterocycles. The molecule has 1 aliphatic rings. The maximum Gasteiger partial charge on any atom is 0.269 e. The van der Waals surface area contributed by atoms with E-state index in [0.717, 1.165) is 10.4 Å². The highest BCUT2D eigenvalue weighted by Crippen LogP contribution is 2.39. The molecule has 0 aliphatic carbocycles. The van der Waals surface area contributed by atoms with Gasteiger partial charge in [-0.15, -0.1) is 22.9 Å². The number of ether oxygens (including phenoxy) is 2. The fraction of sp³-hybridized carbons (Fsp3) is 0.364. The lowest BCUT2D eigenvalue weighted by Gasteiger charge is -2.21. The summed E-state index contributed by atoms with van der Waals surface area (Å²) in [5.74, 6) is 0.934. The molecule has 0 radical (unpaired) electrons. The Balaban J connectivity index is 1.78. The van der Waals surface area contributed by atoms with Gasteiger partial charge in [-0.05, 0) is 44.5 Å². The van der Waals surface area contributed by atoms with E-state index in [9.17, 15) is 9.90 Å². The predicted molar refractivity (Wildman–Crippen MR) is 122 cm³/mol. The van der Waals surface area contributed by atoms with Gasteiger partial charge in [0.25, 0.3) is 5.91 Å². The number of rotatable bonds is 8. The van der Waals surface area contributed by atoms with Gasteiger partial charge in [-0.3, -0.25) is 9.79 Å². The zero-order valence-corrected chi connectivity index (χ0v) is 19.0. The van der Waals surface area contributed by atoms with E-state index in [4.69, 9.17) is 21.1 Å². The van der Waals surface area contributed by atoms with Crippen molar-refractivity contribution in [3.8, 4) is 11.5 Å². The second-order valence-electron chi connectivity index (χ2n) is 7.69. The summed E-state index contributed by atoms with van der Waals surface area (Å²) in [5, 5.41) is 9.68. The molecule has 1 unspecified atom stereocenters. The number of thiophene rings is 1. The molecule has 1 aromatic heterocycles. The number of aliphatic hydroxyl groups is 1. The van der Waals surface area contributed by atoms with Crippen LogP contribution in [0.3, 0.4) is 0 Å². The Morgan fingerprint density at radius 1 is 1.43 bits per heavy atom. The van der Waals surface area contributed by atoms with E-state index in [2.05, 4.69) is 11.6 Å². The number of methoxy groups -OCH3 is 1. The van der Waals surface area contributed by atoms with Crippen molar-refractivity contribution in [2.45, 2.75) is 38.3 Å². The Bertz CT molecular complexity index is 992. The van der Waals surface area contributed by atoms with E-state index >= 15 is 0 Å². The molecule has 2 aromatic rings. The summed E-state index contributed by atoms with van der Waals surface area (Å²) in [4.78, 5) is 20.5. The minimum absolute atomic E-state index is 0.0732. The van der Waals surface area contributed by atoms with Gasteiger partial charge in [-0.2, -0.15) is 0 Å². The standard InChI is InChI=1S/C22H25ClN2O4S/c1-13(23)10-24-14(2)19-8-15-11-25(21(26)20(15)30-19)16-6-7-17(18(9-16)28-5)29-12-22(3,4)27/h6-10,13,27H,2,11-12H2,1,3-5H3. The van der Waals surface area contributed by atoms with Gasteiger partial charge < -0.3 is 19.5 Å². The van der Waals surface area contributed by atoms with E-state index in [1.807, 2.05) is 19.1 Å². The molecule has 6 nitrogen and oxygen atoms in total. The van der Waals surface area contributed by atoms with Crippen LogP contribution in [-0.4, -0.2) is 41.9 Å². The molecule has 8 heteroatoms. The third-order valence-electron chi connectivity index (χ3n) is 4.34. The van der Waals surface area contributed by atoms with Crippen LogP contribution in [0.25, 0.3) is 5.70 Å². The van der Waals surface area contributed by atoms with Crippen LogP contribution in [0.1, 0.15) is 40.9 Å². The monoisotopic (exact) mass is 448 g/mol. The number of carbonyl (C=O) groups excluding carboxylic acids is 1. The van der Waals surface area contributed by atoms with Crippen molar-refractivity contribution in [2.24, 2.45) is 4.99 Å². The second-order valence-corrected chi connectivity index (χ2v) is 9.44. The predicted octanol–water partition coefficient (Wildman–Crippen LogP) is 4.74. The van der Waals surface area contributed by atoms with E-state index in [-0.39, 0.29) is 17.9 Å². The third-order valence-corrected chi connectivity index (χ3v) is 5.66. The quantitative estimate of drug-likeness (QED) is 0.468. The number of nitrogens with zero attached hydrogens (tertiary/aromatic N) is 2. The molecular formula is C22H25ClN2O4S. The summed E-state index contributed by atoms with van der Waals surface area (Å²) in [6.07, 6.45) is 1.62. The molecule has 1 amide bonds. The summed E-state index contributed by atoms with van der Waals surface area (Å²) in [5.41, 5.74) is 1.29. The number of carbonyl (C=O) groups is 1. The van der Waals surface area contributed by atoms with E-state index < -0.39 is 5.60 Å². The number of benzene rings is 1. The van der Waals surface area contributed by atoms with Gasteiger partial charge in [0.1, 0.15) is 6.61 Å². The maximum absolute atomic E-state index is 13.0. The molecular weight excluding hydrogens is 424 g/mol. The van der Waals surface area contributed by atoms with Crippen LogP contribution >= 0.6 is 22.9 Å². The third kappa shape index (κ3) is 5.03. The van der Waals surface area contributed by atoms with Gasteiger partial charge in [-0.25, -0.2) is 0 Å². The Labute approximate surface area is 185 Å². The average Bonchev–Trinajstić information content (AvgIpc) is 3.23. The zero-order chi connectivity index (χ0) is 22.1. The number of halogens is 1. The topological polar surface area (TPSA) is 71.4 Å². The van der Waals surface area contributed by atoms with Crippen molar-refractivity contribution in [1.82, 2.24) is 0 Å². The van der Waals surface area contributed by atoms with Crippen molar-refractivity contribution in [3.63, 3.8) is 0 Å². The molecule has 0 bridgehead atoms. The van der Waals surface area contributed by atoms with Gasteiger partial charge in [0, 0.05) is 18.0 Å². The molecule has 0 fully saturated rings. The Hall–Kier alpha value is -2.35. The van der Waals surface area contributed by atoms with Crippen molar-refractivity contribution in [3.05, 3.63) is 46.2 Å². The van der Waals surface area contributed by atoms with Gasteiger partial charge in [0.15, 0.2) is 11.5 Å². The minimum Gasteiger partial charge on any atom is -0.493 e.